The van der Waals surface area contributed by atoms with Crippen molar-refractivity contribution in [3.8, 4) is 0 Å². The molecule has 0 radical (unpaired) electrons. The summed E-state index contributed by atoms with van der Waals surface area (Å²) in [6.45, 7) is 11.1. The predicted molar refractivity (Wildman–Crippen MR) is 79.6 cm³/mol. The van der Waals surface area contributed by atoms with E-state index in [1.54, 1.807) is 0 Å². The van der Waals surface area contributed by atoms with Crippen LogP contribution in [-0.2, 0) is 4.74 Å². The largest absolute Gasteiger partial charge is 0.394 e. The van der Waals surface area contributed by atoms with Crippen LogP contribution in [0.2, 0.25) is 0 Å². The zero-order valence-electron chi connectivity index (χ0n) is 13.4. The Balaban J connectivity index is 1.98. The topological polar surface area (TPSA) is 52.9 Å². The molecule has 3 unspecified atom stereocenters. The number of hydrogen-bond acceptors (Lipinski definition) is 4. The molecule has 3 atom stereocenters. The highest BCUT2D eigenvalue weighted by molar-refractivity contribution is 4.92. The van der Waals surface area contributed by atoms with Gasteiger partial charge in [0.1, 0.15) is 0 Å². The maximum absolute atomic E-state index is 10.6. The van der Waals surface area contributed by atoms with Gasteiger partial charge in [0.05, 0.1) is 24.4 Å². The molecule has 0 spiro atoms. The van der Waals surface area contributed by atoms with E-state index in [2.05, 4.69) is 32.6 Å². The first-order valence-corrected chi connectivity index (χ1v) is 7.93. The normalized spacial score (nSPS) is 37.8. The van der Waals surface area contributed by atoms with Gasteiger partial charge in [0, 0.05) is 19.6 Å². The first kappa shape index (κ1) is 16.2. The monoisotopic (exact) mass is 285 g/mol. The molecule has 4 nitrogen and oxygen atoms in total. The van der Waals surface area contributed by atoms with Crippen molar-refractivity contribution >= 4 is 0 Å². The lowest BCUT2D eigenvalue weighted by atomic mass is 9.69. The molecule has 4 heteroatoms. The van der Waals surface area contributed by atoms with Gasteiger partial charge in [-0.15, -0.1) is 0 Å². The summed E-state index contributed by atoms with van der Waals surface area (Å²) in [5.41, 5.74) is -0.193. The van der Waals surface area contributed by atoms with Gasteiger partial charge < -0.3 is 14.9 Å². The van der Waals surface area contributed by atoms with Crippen LogP contribution in [0.25, 0.3) is 0 Å². The lowest BCUT2D eigenvalue weighted by Crippen LogP contribution is -2.56. The number of morpholine rings is 1. The highest BCUT2D eigenvalue weighted by Crippen LogP contribution is 2.39. The third kappa shape index (κ3) is 3.73. The van der Waals surface area contributed by atoms with Crippen molar-refractivity contribution in [2.24, 2.45) is 11.3 Å². The van der Waals surface area contributed by atoms with E-state index in [4.69, 9.17) is 4.74 Å². The summed E-state index contributed by atoms with van der Waals surface area (Å²) in [5.74, 6) is 0.340. The van der Waals surface area contributed by atoms with Crippen LogP contribution >= 0.6 is 0 Å². The Morgan fingerprint density at radius 1 is 1.25 bits per heavy atom. The first-order chi connectivity index (χ1) is 9.23. The molecule has 0 aromatic carbocycles. The molecular weight excluding hydrogens is 254 g/mol. The Bertz CT molecular complexity index is 330. The molecule has 20 heavy (non-hydrogen) atoms. The van der Waals surface area contributed by atoms with E-state index in [-0.39, 0.29) is 29.8 Å². The fourth-order valence-electron chi connectivity index (χ4n) is 3.94. The lowest BCUT2D eigenvalue weighted by molar-refractivity contribution is -0.156. The molecule has 1 aliphatic carbocycles. The van der Waals surface area contributed by atoms with Crippen molar-refractivity contribution in [3.05, 3.63) is 0 Å². The van der Waals surface area contributed by atoms with E-state index < -0.39 is 0 Å². The second-order valence-corrected chi connectivity index (χ2v) is 7.96. The van der Waals surface area contributed by atoms with Gasteiger partial charge in [0.15, 0.2) is 0 Å². The number of rotatable bonds is 3. The van der Waals surface area contributed by atoms with E-state index in [1.165, 1.54) is 6.42 Å². The molecule has 2 N–H and O–H groups in total. The Labute approximate surface area is 123 Å². The number of ether oxygens (including phenoxy) is 1. The number of nitrogens with zero attached hydrogens (tertiary/aromatic N) is 1. The SMILES string of the molecule is CC1(C)CN(CC2CCCC(C)(C)C2O)CC(CO)O1. The zero-order valence-corrected chi connectivity index (χ0v) is 13.4. The summed E-state index contributed by atoms with van der Waals surface area (Å²) in [4.78, 5) is 2.36. The smallest absolute Gasteiger partial charge is 0.0940 e. The van der Waals surface area contributed by atoms with E-state index in [0.717, 1.165) is 32.5 Å². The molecule has 1 aliphatic heterocycles. The van der Waals surface area contributed by atoms with E-state index >= 15 is 0 Å². The Hall–Kier alpha value is -0.160. The molecule has 0 aromatic rings. The van der Waals surface area contributed by atoms with Crippen LogP contribution in [0.3, 0.4) is 0 Å². The van der Waals surface area contributed by atoms with Crippen LogP contribution in [0, 0.1) is 11.3 Å². The van der Waals surface area contributed by atoms with E-state index in [9.17, 15) is 10.2 Å². The molecule has 1 heterocycles. The summed E-state index contributed by atoms with van der Waals surface area (Å²) >= 11 is 0. The highest BCUT2D eigenvalue weighted by atomic mass is 16.5. The maximum atomic E-state index is 10.6. The molecule has 0 amide bonds. The Morgan fingerprint density at radius 2 is 1.95 bits per heavy atom. The van der Waals surface area contributed by atoms with Crippen LogP contribution in [0.5, 0.6) is 0 Å². The highest BCUT2D eigenvalue weighted by Gasteiger charge is 2.40. The third-order valence-electron chi connectivity index (χ3n) is 4.89. The molecule has 2 rings (SSSR count). The van der Waals surface area contributed by atoms with Crippen molar-refractivity contribution < 1.29 is 14.9 Å². The third-order valence-corrected chi connectivity index (χ3v) is 4.89. The quantitative estimate of drug-likeness (QED) is 0.828. The molecule has 118 valence electrons. The second-order valence-electron chi connectivity index (χ2n) is 7.96. The minimum absolute atomic E-state index is 0.0289. The standard InChI is InChI=1S/C16H31NO3/c1-15(2)7-5-6-12(14(15)19)8-17-9-13(10-18)20-16(3,4)11-17/h12-14,18-19H,5-11H2,1-4H3. The van der Waals surface area contributed by atoms with E-state index in [0.29, 0.717) is 5.92 Å². The molecule has 2 aliphatic rings. The van der Waals surface area contributed by atoms with Crippen LogP contribution in [0.15, 0.2) is 0 Å². The van der Waals surface area contributed by atoms with Crippen LogP contribution < -0.4 is 0 Å². The zero-order chi connectivity index (χ0) is 15.0. The molecular formula is C16H31NO3. The van der Waals surface area contributed by atoms with Crippen LogP contribution in [-0.4, -0.2) is 59.2 Å². The van der Waals surface area contributed by atoms with Crippen molar-refractivity contribution in [1.29, 1.82) is 0 Å². The molecule has 0 bridgehead atoms. The molecule has 1 saturated carbocycles. The fourth-order valence-corrected chi connectivity index (χ4v) is 3.94. The summed E-state index contributed by atoms with van der Waals surface area (Å²) in [6, 6.07) is 0. The first-order valence-electron chi connectivity index (χ1n) is 7.93. The summed E-state index contributed by atoms with van der Waals surface area (Å²) in [7, 11) is 0. The number of aliphatic hydroxyl groups excluding tert-OH is 2. The van der Waals surface area contributed by atoms with Crippen molar-refractivity contribution in [2.45, 2.75) is 64.8 Å². The Morgan fingerprint density at radius 3 is 2.60 bits per heavy atom. The summed E-state index contributed by atoms with van der Waals surface area (Å²) in [5, 5.41) is 20.0. The van der Waals surface area contributed by atoms with Crippen LogP contribution in [0.1, 0.15) is 47.0 Å². The number of aliphatic hydroxyl groups is 2. The summed E-state index contributed by atoms with van der Waals surface area (Å²) < 4.78 is 5.86. The molecule has 1 saturated heterocycles. The Kier molecular flexibility index (Phi) is 4.80. The van der Waals surface area contributed by atoms with Gasteiger partial charge in [-0.3, -0.25) is 4.90 Å². The lowest BCUT2D eigenvalue weighted by Gasteiger charge is -2.46. The van der Waals surface area contributed by atoms with E-state index in [1.807, 2.05) is 0 Å². The van der Waals surface area contributed by atoms with Gasteiger partial charge >= 0.3 is 0 Å². The fraction of sp³-hybridized carbons (Fsp3) is 1.00. The number of hydrogen-bond donors (Lipinski definition) is 2. The van der Waals surface area contributed by atoms with Gasteiger partial charge in [-0.2, -0.15) is 0 Å². The molecule has 0 aromatic heterocycles. The van der Waals surface area contributed by atoms with Gasteiger partial charge in [0.25, 0.3) is 0 Å². The van der Waals surface area contributed by atoms with Gasteiger partial charge in [0.2, 0.25) is 0 Å². The average molecular weight is 285 g/mol. The maximum Gasteiger partial charge on any atom is 0.0940 e. The second kappa shape index (κ2) is 5.91. The van der Waals surface area contributed by atoms with Gasteiger partial charge in [-0.25, -0.2) is 0 Å². The van der Waals surface area contributed by atoms with Crippen molar-refractivity contribution in [1.82, 2.24) is 4.90 Å². The van der Waals surface area contributed by atoms with Crippen molar-refractivity contribution in [3.63, 3.8) is 0 Å². The van der Waals surface area contributed by atoms with Crippen LogP contribution in [0.4, 0.5) is 0 Å². The molecule has 2 fully saturated rings. The van der Waals surface area contributed by atoms with Gasteiger partial charge in [-0.05, 0) is 38.0 Å². The average Bonchev–Trinajstić information content (AvgIpc) is 2.33. The predicted octanol–water partition coefficient (Wildman–Crippen LogP) is 1.65. The van der Waals surface area contributed by atoms with Gasteiger partial charge in [-0.1, -0.05) is 20.3 Å². The minimum Gasteiger partial charge on any atom is -0.394 e. The van der Waals surface area contributed by atoms with Crippen molar-refractivity contribution in [2.75, 3.05) is 26.2 Å². The minimum atomic E-state index is -0.227. The summed E-state index contributed by atoms with van der Waals surface area (Å²) in [6.07, 6.45) is 3.08.